The molecule has 5 rings (SSSR count). The summed E-state index contributed by atoms with van der Waals surface area (Å²) in [7, 11) is 0. The smallest absolute Gasteiger partial charge is 0.322 e. The van der Waals surface area contributed by atoms with Crippen molar-refractivity contribution in [2.75, 3.05) is 11.9 Å². The second-order valence-electron chi connectivity index (χ2n) is 7.20. The summed E-state index contributed by atoms with van der Waals surface area (Å²) >= 11 is 0. The van der Waals surface area contributed by atoms with Gasteiger partial charge in [-0.05, 0) is 40.8 Å². The molecule has 28 heavy (non-hydrogen) atoms. The Balaban J connectivity index is 1.40. The summed E-state index contributed by atoms with van der Waals surface area (Å²) < 4.78 is 0. The number of benzene rings is 3. The third-order valence-electron chi connectivity index (χ3n) is 5.45. The molecule has 0 saturated carbocycles. The van der Waals surface area contributed by atoms with E-state index in [1.807, 2.05) is 35.4 Å². The molecule has 0 saturated heterocycles. The highest BCUT2D eigenvalue weighted by molar-refractivity contribution is 6.02. The number of aromatic nitrogens is 1. The largest absolute Gasteiger partial charge is 0.359 e. The van der Waals surface area contributed by atoms with Gasteiger partial charge < -0.3 is 15.2 Å². The lowest BCUT2D eigenvalue weighted by atomic mass is 10.0. The maximum absolute atomic E-state index is 12.9. The topological polar surface area (TPSA) is 48.1 Å². The molecule has 0 fully saturated rings. The third kappa shape index (κ3) is 3.03. The molecule has 4 heteroatoms. The first-order chi connectivity index (χ1) is 13.8. The number of nitrogens with one attached hydrogen (secondary N) is 2. The van der Waals surface area contributed by atoms with Crippen molar-refractivity contribution >= 4 is 22.6 Å². The zero-order valence-electron chi connectivity index (χ0n) is 15.5. The number of rotatable bonds is 2. The number of nitrogens with zero attached hydrogens (tertiary/aromatic N) is 1. The second-order valence-corrected chi connectivity index (χ2v) is 7.20. The number of anilines is 1. The number of hydrogen-bond acceptors (Lipinski definition) is 1. The third-order valence-corrected chi connectivity index (χ3v) is 5.45. The Bertz CT molecular complexity index is 1150. The predicted octanol–water partition coefficient (Wildman–Crippen LogP) is 5.43. The number of fused-ring (bicyclic) bond motifs is 2. The zero-order valence-corrected chi connectivity index (χ0v) is 15.5. The van der Waals surface area contributed by atoms with Crippen LogP contribution in [0.4, 0.5) is 10.5 Å². The number of H-pyrrole nitrogens is 1. The van der Waals surface area contributed by atoms with Crippen molar-refractivity contribution in [1.82, 2.24) is 9.88 Å². The van der Waals surface area contributed by atoms with Gasteiger partial charge in [-0.3, -0.25) is 0 Å². The molecular formula is C24H21N3O. The second kappa shape index (κ2) is 6.89. The summed E-state index contributed by atoms with van der Waals surface area (Å²) in [6, 6.07) is 24.8. The number of hydrogen-bond donors (Lipinski definition) is 2. The van der Waals surface area contributed by atoms with E-state index in [9.17, 15) is 4.79 Å². The summed E-state index contributed by atoms with van der Waals surface area (Å²) in [6.45, 7) is 1.39. The van der Waals surface area contributed by atoms with Crippen molar-refractivity contribution in [3.8, 4) is 11.1 Å². The zero-order chi connectivity index (χ0) is 18.9. The highest BCUT2D eigenvalue weighted by Gasteiger charge is 2.21. The minimum atomic E-state index is -0.0551. The number of aromatic amines is 1. The van der Waals surface area contributed by atoms with E-state index < -0.39 is 0 Å². The van der Waals surface area contributed by atoms with Crippen LogP contribution in [0.2, 0.25) is 0 Å². The Labute approximate surface area is 163 Å². The van der Waals surface area contributed by atoms with Gasteiger partial charge in [-0.2, -0.15) is 0 Å². The minimum absolute atomic E-state index is 0.0551. The quantitative estimate of drug-likeness (QED) is 0.488. The van der Waals surface area contributed by atoms with E-state index in [0.717, 1.165) is 40.7 Å². The van der Waals surface area contributed by atoms with Crippen molar-refractivity contribution < 1.29 is 4.79 Å². The van der Waals surface area contributed by atoms with Gasteiger partial charge in [-0.15, -0.1) is 0 Å². The van der Waals surface area contributed by atoms with Crippen molar-refractivity contribution in [2.24, 2.45) is 0 Å². The monoisotopic (exact) mass is 367 g/mol. The van der Waals surface area contributed by atoms with Gasteiger partial charge >= 0.3 is 6.03 Å². The first kappa shape index (κ1) is 16.6. The molecule has 0 radical (unpaired) electrons. The molecule has 138 valence electrons. The van der Waals surface area contributed by atoms with E-state index in [2.05, 4.69) is 58.8 Å². The molecule has 4 nitrogen and oxygen atoms in total. The molecule has 0 spiro atoms. The van der Waals surface area contributed by atoms with Crippen LogP contribution in [-0.2, 0) is 13.0 Å². The Morgan fingerprint density at radius 2 is 1.68 bits per heavy atom. The standard InChI is InChI=1S/C24H21N3O/c28-24(27-13-12-18-8-4-5-9-20(18)16-27)26-23-15-25-22-11-10-19(14-21(22)23)17-6-2-1-3-7-17/h1-11,14-15,25H,12-13,16H2,(H,26,28). The molecule has 0 atom stereocenters. The van der Waals surface area contributed by atoms with Crippen LogP contribution in [0.3, 0.4) is 0 Å². The highest BCUT2D eigenvalue weighted by Crippen LogP contribution is 2.29. The Kier molecular flexibility index (Phi) is 4.09. The maximum atomic E-state index is 12.9. The van der Waals surface area contributed by atoms with Gasteiger partial charge in [-0.25, -0.2) is 4.79 Å². The first-order valence-electron chi connectivity index (χ1n) is 9.57. The maximum Gasteiger partial charge on any atom is 0.322 e. The molecule has 2 N–H and O–H groups in total. The number of carbonyl (C=O) groups is 1. The SMILES string of the molecule is O=C(Nc1c[nH]c2ccc(-c3ccccc3)cc12)N1CCc2ccccc2C1. The van der Waals surface area contributed by atoms with Gasteiger partial charge in [0.15, 0.2) is 0 Å². The van der Waals surface area contributed by atoms with Gasteiger partial charge in [-0.1, -0.05) is 60.7 Å². The number of urea groups is 1. The van der Waals surface area contributed by atoms with Gasteiger partial charge in [0.1, 0.15) is 0 Å². The van der Waals surface area contributed by atoms with Gasteiger partial charge in [0.05, 0.1) is 5.69 Å². The van der Waals surface area contributed by atoms with Crippen LogP contribution in [0.25, 0.3) is 22.0 Å². The van der Waals surface area contributed by atoms with Crippen molar-refractivity contribution in [2.45, 2.75) is 13.0 Å². The highest BCUT2D eigenvalue weighted by atomic mass is 16.2. The van der Waals surface area contributed by atoms with Gasteiger partial charge in [0.25, 0.3) is 0 Å². The normalized spacial score (nSPS) is 13.4. The van der Waals surface area contributed by atoms with Gasteiger partial charge in [0.2, 0.25) is 0 Å². The molecule has 2 heterocycles. The first-order valence-corrected chi connectivity index (χ1v) is 9.57. The summed E-state index contributed by atoms with van der Waals surface area (Å²) in [5.74, 6) is 0. The van der Waals surface area contributed by atoms with Crippen molar-refractivity contribution in [1.29, 1.82) is 0 Å². The Morgan fingerprint density at radius 3 is 2.54 bits per heavy atom. The van der Waals surface area contributed by atoms with Crippen LogP contribution in [0.15, 0.2) is 79.0 Å². The van der Waals surface area contributed by atoms with Crippen LogP contribution < -0.4 is 5.32 Å². The molecule has 3 aromatic carbocycles. The van der Waals surface area contributed by atoms with Crippen LogP contribution in [0.1, 0.15) is 11.1 Å². The van der Waals surface area contributed by atoms with E-state index in [1.165, 1.54) is 11.1 Å². The van der Waals surface area contributed by atoms with Crippen molar-refractivity contribution in [3.05, 3.63) is 90.1 Å². The van der Waals surface area contributed by atoms with Crippen LogP contribution in [0.5, 0.6) is 0 Å². The lowest BCUT2D eigenvalue weighted by Gasteiger charge is -2.28. The van der Waals surface area contributed by atoms with E-state index >= 15 is 0 Å². The number of amides is 2. The van der Waals surface area contributed by atoms with Gasteiger partial charge in [0, 0.05) is 30.2 Å². The molecule has 1 aromatic heterocycles. The molecular weight excluding hydrogens is 346 g/mol. The fraction of sp³-hybridized carbons (Fsp3) is 0.125. The Morgan fingerprint density at radius 1 is 0.893 bits per heavy atom. The fourth-order valence-corrected chi connectivity index (χ4v) is 3.90. The average molecular weight is 367 g/mol. The molecule has 2 amide bonds. The van der Waals surface area contributed by atoms with Crippen molar-refractivity contribution in [3.63, 3.8) is 0 Å². The van der Waals surface area contributed by atoms with E-state index in [4.69, 9.17) is 0 Å². The van der Waals surface area contributed by atoms with Crippen LogP contribution >= 0.6 is 0 Å². The van der Waals surface area contributed by atoms with E-state index in [1.54, 1.807) is 0 Å². The lowest BCUT2D eigenvalue weighted by Crippen LogP contribution is -2.38. The predicted molar refractivity (Wildman–Crippen MR) is 113 cm³/mol. The van der Waals surface area contributed by atoms with Crippen LogP contribution in [0, 0.1) is 0 Å². The summed E-state index contributed by atoms with van der Waals surface area (Å²) in [5, 5.41) is 4.12. The van der Waals surface area contributed by atoms with E-state index in [-0.39, 0.29) is 6.03 Å². The van der Waals surface area contributed by atoms with Crippen LogP contribution in [-0.4, -0.2) is 22.5 Å². The summed E-state index contributed by atoms with van der Waals surface area (Å²) in [5.41, 5.74) is 6.70. The summed E-state index contributed by atoms with van der Waals surface area (Å²) in [6.07, 6.45) is 2.77. The Hall–Kier alpha value is -3.53. The molecule has 0 bridgehead atoms. The van der Waals surface area contributed by atoms with E-state index in [0.29, 0.717) is 6.54 Å². The molecule has 1 aliphatic heterocycles. The molecule has 0 unspecified atom stereocenters. The molecule has 0 aliphatic carbocycles. The number of carbonyl (C=O) groups excluding carboxylic acids is 1. The average Bonchev–Trinajstić information content (AvgIpc) is 3.16. The summed E-state index contributed by atoms with van der Waals surface area (Å²) in [4.78, 5) is 18.0. The molecule has 4 aromatic rings. The minimum Gasteiger partial charge on any atom is -0.359 e. The lowest BCUT2D eigenvalue weighted by molar-refractivity contribution is 0.206. The molecule has 1 aliphatic rings. The fourth-order valence-electron chi connectivity index (χ4n) is 3.90.